The number of thiophene rings is 1. The van der Waals surface area contributed by atoms with Crippen molar-refractivity contribution in [3.63, 3.8) is 0 Å². The molecule has 1 heterocycles. The molecular weight excluding hydrogens is 242 g/mol. The molecule has 1 aromatic rings. The molecule has 102 valence electrons. The molecule has 1 N–H and O–H groups in total. The van der Waals surface area contributed by atoms with E-state index < -0.39 is 0 Å². The van der Waals surface area contributed by atoms with Crippen LogP contribution in [0.2, 0.25) is 0 Å². The summed E-state index contributed by atoms with van der Waals surface area (Å²) in [6, 6.07) is 2.19. The first-order valence-electron chi connectivity index (χ1n) is 7.05. The molecule has 0 spiro atoms. The van der Waals surface area contributed by atoms with Crippen LogP contribution in [0.3, 0.4) is 0 Å². The van der Waals surface area contributed by atoms with Crippen LogP contribution in [0.15, 0.2) is 16.8 Å². The average molecular weight is 267 g/mol. The summed E-state index contributed by atoms with van der Waals surface area (Å²) < 4.78 is 0. The lowest BCUT2D eigenvalue weighted by atomic mass is 9.80. The first-order valence-corrected chi connectivity index (χ1v) is 7.99. The molecule has 3 heteroatoms. The first-order chi connectivity index (χ1) is 8.74. The average Bonchev–Trinajstić information content (AvgIpc) is 2.74. The molecule has 0 unspecified atom stereocenters. The van der Waals surface area contributed by atoms with E-state index in [9.17, 15) is 5.11 Å². The second-order valence-electron chi connectivity index (χ2n) is 5.88. The minimum absolute atomic E-state index is 0.154. The van der Waals surface area contributed by atoms with Crippen molar-refractivity contribution < 1.29 is 5.11 Å². The van der Waals surface area contributed by atoms with Crippen LogP contribution in [-0.4, -0.2) is 30.2 Å². The van der Waals surface area contributed by atoms with E-state index in [-0.39, 0.29) is 5.41 Å². The van der Waals surface area contributed by atoms with Crippen molar-refractivity contribution in [3.8, 4) is 0 Å². The zero-order valence-corrected chi connectivity index (χ0v) is 12.2. The SMILES string of the molecule is CN(Cc1ccsc1)CC1(CO)CCCCCC1. The van der Waals surface area contributed by atoms with Gasteiger partial charge in [0.05, 0.1) is 0 Å². The summed E-state index contributed by atoms with van der Waals surface area (Å²) >= 11 is 1.76. The number of rotatable bonds is 5. The zero-order valence-electron chi connectivity index (χ0n) is 11.4. The van der Waals surface area contributed by atoms with Crippen LogP contribution in [0, 0.1) is 5.41 Å². The van der Waals surface area contributed by atoms with Crippen LogP contribution >= 0.6 is 11.3 Å². The molecular formula is C15H25NOS. The number of aliphatic hydroxyl groups excluding tert-OH is 1. The Bertz CT molecular complexity index is 328. The van der Waals surface area contributed by atoms with Crippen LogP contribution < -0.4 is 0 Å². The minimum atomic E-state index is 0.154. The Morgan fingerprint density at radius 3 is 2.56 bits per heavy atom. The molecule has 1 aliphatic carbocycles. The van der Waals surface area contributed by atoms with E-state index in [2.05, 4.69) is 28.8 Å². The minimum Gasteiger partial charge on any atom is -0.396 e. The highest BCUT2D eigenvalue weighted by Crippen LogP contribution is 2.35. The highest BCUT2D eigenvalue weighted by atomic mass is 32.1. The first kappa shape index (κ1) is 14.0. The van der Waals surface area contributed by atoms with Crippen LogP contribution in [0.4, 0.5) is 0 Å². The molecule has 1 fully saturated rings. The summed E-state index contributed by atoms with van der Waals surface area (Å²) in [5, 5.41) is 14.2. The van der Waals surface area contributed by atoms with Crippen molar-refractivity contribution in [2.75, 3.05) is 20.2 Å². The van der Waals surface area contributed by atoms with Crippen molar-refractivity contribution >= 4 is 11.3 Å². The van der Waals surface area contributed by atoms with Gasteiger partial charge in [-0.25, -0.2) is 0 Å². The Kier molecular flexibility index (Phi) is 5.22. The van der Waals surface area contributed by atoms with Gasteiger partial charge in [0.15, 0.2) is 0 Å². The smallest absolute Gasteiger partial charge is 0.0499 e. The van der Waals surface area contributed by atoms with Gasteiger partial charge in [0, 0.05) is 25.1 Å². The van der Waals surface area contributed by atoms with Gasteiger partial charge in [-0.05, 0) is 42.3 Å². The lowest BCUT2D eigenvalue weighted by Crippen LogP contribution is -2.38. The Morgan fingerprint density at radius 1 is 1.28 bits per heavy atom. The van der Waals surface area contributed by atoms with Gasteiger partial charge < -0.3 is 10.0 Å². The maximum absolute atomic E-state index is 9.82. The van der Waals surface area contributed by atoms with E-state index in [1.165, 1.54) is 44.1 Å². The zero-order chi connectivity index (χ0) is 12.8. The molecule has 1 aliphatic rings. The molecule has 0 aromatic carbocycles. The highest BCUT2D eigenvalue weighted by Gasteiger charge is 2.31. The van der Waals surface area contributed by atoms with Gasteiger partial charge in [-0.15, -0.1) is 0 Å². The van der Waals surface area contributed by atoms with E-state index in [1.807, 2.05) is 0 Å². The number of nitrogens with zero attached hydrogens (tertiary/aromatic N) is 1. The second-order valence-corrected chi connectivity index (χ2v) is 6.66. The van der Waals surface area contributed by atoms with Crippen LogP contribution in [0.5, 0.6) is 0 Å². The fourth-order valence-corrected chi connectivity index (χ4v) is 3.83. The molecule has 0 amide bonds. The predicted molar refractivity (Wildman–Crippen MR) is 77.9 cm³/mol. The molecule has 2 nitrogen and oxygen atoms in total. The molecule has 0 aliphatic heterocycles. The van der Waals surface area contributed by atoms with Gasteiger partial charge in [-0.1, -0.05) is 25.7 Å². The third-order valence-corrected chi connectivity index (χ3v) is 4.87. The van der Waals surface area contributed by atoms with E-state index >= 15 is 0 Å². The lowest BCUT2D eigenvalue weighted by molar-refractivity contribution is 0.0663. The van der Waals surface area contributed by atoms with Crippen LogP contribution in [0.1, 0.15) is 44.1 Å². The summed E-state index contributed by atoms with van der Waals surface area (Å²) in [6.45, 7) is 2.38. The van der Waals surface area contributed by atoms with E-state index in [4.69, 9.17) is 0 Å². The quantitative estimate of drug-likeness (QED) is 0.825. The molecule has 0 atom stereocenters. The molecule has 0 radical (unpaired) electrons. The van der Waals surface area contributed by atoms with E-state index in [0.29, 0.717) is 6.61 Å². The predicted octanol–water partition coefficient (Wildman–Crippen LogP) is 3.51. The number of hydrogen-bond acceptors (Lipinski definition) is 3. The molecule has 1 aromatic heterocycles. The summed E-state index contributed by atoms with van der Waals surface area (Å²) in [4.78, 5) is 2.38. The molecule has 18 heavy (non-hydrogen) atoms. The van der Waals surface area contributed by atoms with Crippen molar-refractivity contribution in [2.45, 2.75) is 45.1 Å². The standard InChI is InChI=1S/C15H25NOS/c1-16(10-14-6-9-18-11-14)12-15(13-17)7-4-2-3-5-8-15/h6,9,11,17H,2-5,7-8,10,12-13H2,1H3. The van der Waals surface area contributed by atoms with Gasteiger partial charge in [0.25, 0.3) is 0 Å². The van der Waals surface area contributed by atoms with Crippen molar-refractivity contribution in [1.82, 2.24) is 4.90 Å². The summed E-state index contributed by atoms with van der Waals surface area (Å²) in [7, 11) is 2.18. The van der Waals surface area contributed by atoms with Crippen molar-refractivity contribution in [2.24, 2.45) is 5.41 Å². The second kappa shape index (κ2) is 6.69. The fourth-order valence-electron chi connectivity index (χ4n) is 3.17. The van der Waals surface area contributed by atoms with E-state index in [0.717, 1.165) is 13.1 Å². The third kappa shape index (κ3) is 3.81. The lowest BCUT2D eigenvalue weighted by Gasteiger charge is -2.35. The molecule has 2 rings (SSSR count). The molecule has 1 saturated carbocycles. The van der Waals surface area contributed by atoms with Gasteiger partial charge in [0.2, 0.25) is 0 Å². The maximum atomic E-state index is 9.82. The van der Waals surface area contributed by atoms with Gasteiger partial charge in [0.1, 0.15) is 0 Å². The summed E-state index contributed by atoms with van der Waals surface area (Å²) in [5.41, 5.74) is 1.55. The number of hydrogen-bond donors (Lipinski definition) is 1. The normalized spacial score (nSPS) is 19.9. The third-order valence-electron chi connectivity index (χ3n) is 4.14. The highest BCUT2D eigenvalue weighted by molar-refractivity contribution is 7.07. The largest absolute Gasteiger partial charge is 0.396 e. The number of aliphatic hydroxyl groups is 1. The summed E-state index contributed by atoms with van der Waals surface area (Å²) in [6.07, 6.45) is 7.64. The fraction of sp³-hybridized carbons (Fsp3) is 0.733. The molecule has 0 bridgehead atoms. The Morgan fingerprint density at radius 2 is 2.00 bits per heavy atom. The van der Waals surface area contributed by atoms with Crippen molar-refractivity contribution in [1.29, 1.82) is 0 Å². The van der Waals surface area contributed by atoms with Gasteiger partial charge in [-0.3, -0.25) is 0 Å². The Hall–Kier alpha value is -0.380. The Labute approximate surface area is 115 Å². The summed E-state index contributed by atoms with van der Waals surface area (Å²) in [5.74, 6) is 0. The van der Waals surface area contributed by atoms with Crippen LogP contribution in [0.25, 0.3) is 0 Å². The topological polar surface area (TPSA) is 23.5 Å². The molecule has 0 saturated heterocycles. The monoisotopic (exact) mass is 267 g/mol. The van der Waals surface area contributed by atoms with Gasteiger partial charge >= 0.3 is 0 Å². The van der Waals surface area contributed by atoms with Crippen LogP contribution in [-0.2, 0) is 6.54 Å². The van der Waals surface area contributed by atoms with Gasteiger partial charge in [-0.2, -0.15) is 11.3 Å². The van der Waals surface area contributed by atoms with E-state index in [1.54, 1.807) is 11.3 Å². The Balaban J connectivity index is 1.91. The maximum Gasteiger partial charge on any atom is 0.0499 e. The van der Waals surface area contributed by atoms with Crippen molar-refractivity contribution in [3.05, 3.63) is 22.4 Å².